The summed E-state index contributed by atoms with van der Waals surface area (Å²) >= 11 is 1.41. The van der Waals surface area contributed by atoms with Crippen molar-refractivity contribution in [3.63, 3.8) is 0 Å². The molecule has 13 heteroatoms. The molecule has 0 unspecified atom stereocenters. The van der Waals surface area contributed by atoms with E-state index in [9.17, 15) is 13.5 Å². The summed E-state index contributed by atoms with van der Waals surface area (Å²) in [4.78, 5) is 9.37. The van der Waals surface area contributed by atoms with Gasteiger partial charge in [-0.3, -0.25) is 4.18 Å². The van der Waals surface area contributed by atoms with Gasteiger partial charge in [-0.25, -0.2) is 19.8 Å². The molecule has 0 radical (unpaired) electrons. The normalized spacial score (nSPS) is 21.2. The van der Waals surface area contributed by atoms with Gasteiger partial charge in [-0.1, -0.05) is 42.1 Å². The quantitative estimate of drug-likeness (QED) is 0.362. The van der Waals surface area contributed by atoms with Crippen molar-refractivity contribution in [1.82, 2.24) is 19.7 Å². The topological polar surface area (TPSA) is 168 Å². The summed E-state index contributed by atoms with van der Waals surface area (Å²) in [5, 5.41) is 23.2. The van der Waals surface area contributed by atoms with Gasteiger partial charge in [0.05, 0.1) is 18.1 Å². The van der Waals surface area contributed by atoms with Gasteiger partial charge in [0.2, 0.25) is 0 Å². The van der Waals surface area contributed by atoms with Crippen LogP contribution < -0.4 is 10.9 Å². The van der Waals surface area contributed by atoms with E-state index in [0.29, 0.717) is 16.1 Å². The Kier molecular flexibility index (Phi) is 5.68. The summed E-state index contributed by atoms with van der Waals surface area (Å²) in [5.41, 5.74) is 6.60. The molecule has 1 fully saturated rings. The molecule has 1 saturated heterocycles. The number of hydrogen-bond acceptors (Lipinski definition) is 10. The van der Waals surface area contributed by atoms with Crippen LogP contribution in [0, 0.1) is 0 Å². The molecule has 0 amide bonds. The van der Waals surface area contributed by atoms with Crippen LogP contribution in [0.1, 0.15) is 12.6 Å². The number of aromatic nitrogens is 4. The number of fused-ring (bicyclic) bond motifs is 2. The fraction of sp³-hybridized carbons (Fsp3) is 0.250. The molecule has 5 N–H and O–H groups in total. The Hall–Kier alpha value is -2.81. The number of aliphatic hydroxyl groups is 1. The molecular formula is C20H20N6O5S2. The van der Waals surface area contributed by atoms with Crippen LogP contribution in [0.3, 0.4) is 0 Å². The van der Waals surface area contributed by atoms with Crippen molar-refractivity contribution in [1.29, 1.82) is 0 Å². The number of hydrogen-bond donors (Lipinski definition) is 3. The van der Waals surface area contributed by atoms with Crippen LogP contribution in [0.15, 0.2) is 58.7 Å². The van der Waals surface area contributed by atoms with Gasteiger partial charge in [0.25, 0.3) is 0 Å². The zero-order valence-electron chi connectivity index (χ0n) is 17.1. The van der Waals surface area contributed by atoms with E-state index in [1.54, 1.807) is 0 Å². The number of nitrogens with two attached hydrogens (primary N) is 2. The molecule has 0 spiro atoms. The highest BCUT2D eigenvalue weighted by atomic mass is 32.2. The van der Waals surface area contributed by atoms with E-state index in [4.69, 9.17) is 15.6 Å². The molecule has 2 aromatic carbocycles. The summed E-state index contributed by atoms with van der Waals surface area (Å²) in [6.45, 7) is -0.411. The second-order valence-corrected chi connectivity index (χ2v) is 9.81. The van der Waals surface area contributed by atoms with Gasteiger partial charge in [0.1, 0.15) is 23.3 Å². The SMILES string of the molecule is Nc1ncnc2c1c(Sc1ccc3ccccc3c1)nn2[C@H]1C[C@H](O)[C@@H](COS(N)(=O)=O)O1. The van der Waals surface area contributed by atoms with Crippen LogP contribution in [0.25, 0.3) is 21.8 Å². The second-order valence-electron chi connectivity index (χ2n) is 7.53. The van der Waals surface area contributed by atoms with Crippen LogP contribution in [0.5, 0.6) is 0 Å². The zero-order chi connectivity index (χ0) is 23.2. The first-order valence-electron chi connectivity index (χ1n) is 9.94. The molecule has 1 aliphatic heterocycles. The average molecular weight is 489 g/mol. The third kappa shape index (κ3) is 4.51. The summed E-state index contributed by atoms with van der Waals surface area (Å²) in [7, 11) is -4.16. The molecule has 172 valence electrons. The maximum Gasteiger partial charge on any atom is 0.333 e. The van der Waals surface area contributed by atoms with Crippen LogP contribution in [0.4, 0.5) is 5.82 Å². The number of nitrogen functional groups attached to an aromatic ring is 1. The van der Waals surface area contributed by atoms with E-state index in [1.807, 2.05) is 36.4 Å². The van der Waals surface area contributed by atoms with E-state index in [1.165, 1.54) is 22.8 Å². The maximum atomic E-state index is 11.1. The van der Waals surface area contributed by atoms with Gasteiger partial charge in [-0.2, -0.15) is 13.5 Å². The predicted octanol–water partition coefficient (Wildman–Crippen LogP) is 1.58. The highest BCUT2D eigenvalue weighted by Crippen LogP contribution is 2.38. The zero-order valence-corrected chi connectivity index (χ0v) is 18.7. The fourth-order valence-electron chi connectivity index (χ4n) is 3.75. The van der Waals surface area contributed by atoms with Crippen molar-refractivity contribution >= 4 is 49.7 Å². The van der Waals surface area contributed by atoms with E-state index in [2.05, 4.69) is 25.3 Å². The molecule has 5 rings (SSSR count). The van der Waals surface area contributed by atoms with Crippen molar-refractivity contribution in [2.45, 2.75) is 34.8 Å². The van der Waals surface area contributed by atoms with Gasteiger partial charge in [-0.05, 0) is 22.9 Å². The minimum atomic E-state index is -4.16. The fourth-order valence-corrected chi connectivity index (χ4v) is 5.05. The lowest BCUT2D eigenvalue weighted by Gasteiger charge is -2.14. The largest absolute Gasteiger partial charge is 0.390 e. The third-order valence-electron chi connectivity index (χ3n) is 5.29. The number of anilines is 1. The molecular weight excluding hydrogens is 468 g/mol. The molecule has 2 aromatic heterocycles. The number of benzene rings is 2. The lowest BCUT2D eigenvalue weighted by Crippen LogP contribution is -2.30. The van der Waals surface area contributed by atoms with Crippen molar-refractivity contribution in [3.05, 3.63) is 48.8 Å². The van der Waals surface area contributed by atoms with E-state index < -0.39 is 35.3 Å². The smallest absolute Gasteiger partial charge is 0.333 e. The Morgan fingerprint density at radius 3 is 2.79 bits per heavy atom. The lowest BCUT2D eigenvalue weighted by molar-refractivity contribution is -0.0415. The van der Waals surface area contributed by atoms with Gasteiger partial charge in [0.15, 0.2) is 11.9 Å². The standard InChI is InChI=1S/C20H20N6O5S2/c21-18-17-19(24-10-23-18)26(16-8-14(27)15(31-16)9-30-33(22,28)29)25-20(17)32-13-6-5-11-3-1-2-4-12(11)7-13/h1-7,10,14-16,27H,8-9H2,(H2,21,23,24)(H2,22,28,29)/t14-,15+,16+/m0/s1. The van der Waals surface area contributed by atoms with Crippen LogP contribution in [-0.4, -0.2) is 52.1 Å². The van der Waals surface area contributed by atoms with Gasteiger partial charge >= 0.3 is 10.3 Å². The molecule has 33 heavy (non-hydrogen) atoms. The first kappa shape index (κ1) is 22.0. The van der Waals surface area contributed by atoms with Crippen molar-refractivity contribution < 1.29 is 22.4 Å². The Balaban J connectivity index is 1.47. The highest BCUT2D eigenvalue weighted by Gasteiger charge is 2.38. The molecule has 0 aliphatic carbocycles. The minimum absolute atomic E-state index is 0.152. The number of rotatable bonds is 6. The molecule has 0 bridgehead atoms. The molecule has 11 nitrogen and oxygen atoms in total. The second kappa shape index (κ2) is 8.52. The van der Waals surface area contributed by atoms with Gasteiger partial charge in [-0.15, -0.1) is 0 Å². The van der Waals surface area contributed by atoms with Crippen molar-refractivity contribution in [2.24, 2.45) is 5.14 Å². The number of nitrogens with zero attached hydrogens (tertiary/aromatic N) is 4. The Morgan fingerprint density at radius 1 is 1.21 bits per heavy atom. The summed E-state index contributed by atoms with van der Waals surface area (Å²) in [5.74, 6) is 0.266. The van der Waals surface area contributed by atoms with E-state index >= 15 is 0 Å². The van der Waals surface area contributed by atoms with Gasteiger partial charge in [0, 0.05) is 11.3 Å². The van der Waals surface area contributed by atoms with E-state index in [0.717, 1.165) is 15.7 Å². The first-order chi connectivity index (χ1) is 15.8. The molecule has 3 heterocycles. The van der Waals surface area contributed by atoms with Crippen LogP contribution >= 0.6 is 11.8 Å². The third-order valence-corrected chi connectivity index (χ3v) is 6.73. The minimum Gasteiger partial charge on any atom is -0.390 e. The Bertz CT molecular complexity index is 1440. The predicted molar refractivity (Wildman–Crippen MR) is 121 cm³/mol. The lowest BCUT2D eigenvalue weighted by atomic mass is 10.1. The first-order valence-corrected chi connectivity index (χ1v) is 12.2. The van der Waals surface area contributed by atoms with Crippen molar-refractivity contribution in [2.75, 3.05) is 12.3 Å². The van der Waals surface area contributed by atoms with Crippen molar-refractivity contribution in [3.8, 4) is 0 Å². The Labute approximate surface area is 193 Å². The molecule has 1 aliphatic rings. The van der Waals surface area contributed by atoms with Crippen LogP contribution in [0.2, 0.25) is 0 Å². The molecule has 3 atom stereocenters. The molecule has 4 aromatic rings. The monoisotopic (exact) mass is 488 g/mol. The summed E-state index contributed by atoms with van der Waals surface area (Å²) in [6.07, 6.45) is -1.11. The summed E-state index contributed by atoms with van der Waals surface area (Å²) in [6, 6.07) is 14.1. The average Bonchev–Trinajstić information content (AvgIpc) is 3.33. The highest BCUT2D eigenvalue weighted by molar-refractivity contribution is 7.99. The molecule has 0 saturated carbocycles. The number of aliphatic hydroxyl groups excluding tert-OH is 1. The maximum absolute atomic E-state index is 11.1. The Morgan fingerprint density at radius 2 is 2.00 bits per heavy atom. The van der Waals surface area contributed by atoms with Crippen LogP contribution in [-0.2, 0) is 19.2 Å². The number of ether oxygens (including phenoxy) is 1. The van der Waals surface area contributed by atoms with Gasteiger partial charge < -0.3 is 15.6 Å². The van der Waals surface area contributed by atoms with E-state index in [-0.39, 0.29) is 12.2 Å². The summed E-state index contributed by atoms with van der Waals surface area (Å²) < 4.78 is 34.1.